The van der Waals surface area contributed by atoms with E-state index in [9.17, 15) is 0 Å². The van der Waals surface area contributed by atoms with Gasteiger partial charge in [0.05, 0.1) is 0 Å². The highest BCUT2D eigenvalue weighted by Gasteiger charge is 2.35. The lowest BCUT2D eigenvalue weighted by Gasteiger charge is -2.47. The first-order valence-electron chi connectivity index (χ1n) is 8.23. The Kier molecular flexibility index (Phi) is 4.29. The van der Waals surface area contributed by atoms with Crippen LogP contribution in [0.5, 0.6) is 0 Å². The van der Waals surface area contributed by atoms with Crippen molar-refractivity contribution in [2.45, 2.75) is 63.6 Å². The van der Waals surface area contributed by atoms with Crippen molar-refractivity contribution in [3.63, 3.8) is 0 Å². The molecule has 0 aromatic carbocycles. The van der Waals surface area contributed by atoms with Crippen molar-refractivity contribution < 1.29 is 0 Å². The van der Waals surface area contributed by atoms with Gasteiger partial charge in [0.2, 0.25) is 0 Å². The number of piperidine rings is 2. The molecule has 3 rings (SSSR count). The van der Waals surface area contributed by atoms with E-state index in [0.29, 0.717) is 6.04 Å². The fourth-order valence-electron chi connectivity index (χ4n) is 3.80. The summed E-state index contributed by atoms with van der Waals surface area (Å²) in [5.41, 5.74) is 0. The van der Waals surface area contributed by atoms with E-state index in [4.69, 9.17) is 0 Å². The quantitative estimate of drug-likeness (QED) is 0.892. The van der Waals surface area contributed by atoms with Gasteiger partial charge in [0.25, 0.3) is 0 Å². The molecule has 2 aliphatic heterocycles. The molecule has 1 aromatic rings. The summed E-state index contributed by atoms with van der Waals surface area (Å²) in [5, 5.41) is 6.79. The van der Waals surface area contributed by atoms with Crippen LogP contribution in [0.3, 0.4) is 0 Å². The Labute approximate surface area is 127 Å². The van der Waals surface area contributed by atoms with E-state index >= 15 is 0 Å². The van der Waals surface area contributed by atoms with Gasteiger partial charge in [-0.1, -0.05) is 13.3 Å². The van der Waals surface area contributed by atoms with Crippen LogP contribution < -0.4 is 10.6 Å². The van der Waals surface area contributed by atoms with Crippen molar-refractivity contribution in [1.29, 1.82) is 0 Å². The van der Waals surface area contributed by atoms with Crippen LogP contribution in [0, 0.1) is 0 Å². The fourth-order valence-corrected chi connectivity index (χ4v) is 3.80. The van der Waals surface area contributed by atoms with Gasteiger partial charge < -0.3 is 15.5 Å². The predicted molar refractivity (Wildman–Crippen MR) is 86.8 cm³/mol. The Morgan fingerprint density at radius 2 is 1.86 bits per heavy atom. The molecule has 0 spiro atoms. The first-order chi connectivity index (χ1) is 10.2. The topological polar surface area (TPSA) is 53.1 Å². The van der Waals surface area contributed by atoms with Crippen molar-refractivity contribution >= 4 is 11.6 Å². The third-order valence-electron chi connectivity index (χ3n) is 5.04. The number of aromatic nitrogens is 2. The Balaban J connectivity index is 1.72. The molecule has 116 valence electrons. The summed E-state index contributed by atoms with van der Waals surface area (Å²) in [6, 6.07) is 4.05. The van der Waals surface area contributed by atoms with E-state index in [1.165, 1.54) is 32.1 Å². The highest BCUT2D eigenvalue weighted by molar-refractivity contribution is 5.47. The molecule has 0 amide bonds. The molecule has 2 fully saturated rings. The summed E-state index contributed by atoms with van der Waals surface area (Å²) in [4.78, 5) is 11.7. The molecule has 2 unspecified atom stereocenters. The Hall–Kier alpha value is -1.36. The lowest BCUT2D eigenvalue weighted by molar-refractivity contribution is 0.0608. The van der Waals surface area contributed by atoms with Crippen molar-refractivity contribution in [2.75, 3.05) is 24.7 Å². The number of fused-ring (bicyclic) bond motifs is 2. The van der Waals surface area contributed by atoms with Crippen LogP contribution in [0.15, 0.2) is 6.07 Å². The summed E-state index contributed by atoms with van der Waals surface area (Å²) < 4.78 is 0. The SMILES string of the molecule is CCc1nc(NC)cc(NC2CC3CCCC(C2)N3C)n1. The molecule has 3 heterocycles. The Morgan fingerprint density at radius 1 is 1.19 bits per heavy atom. The zero-order valence-corrected chi connectivity index (χ0v) is 13.4. The van der Waals surface area contributed by atoms with Gasteiger partial charge in [-0.05, 0) is 32.7 Å². The van der Waals surface area contributed by atoms with E-state index in [-0.39, 0.29) is 0 Å². The average Bonchev–Trinajstić information content (AvgIpc) is 2.48. The molecule has 0 aliphatic carbocycles. The highest BCUT2D eigenvalue weighted by Crippen LogP contribution is 2.33. The van der Waals surface area contributed by atoms with Gasteiger partial charge in [-0.15, -0.1) is 0 Å². The van der Waals surface area contributed by atoms with Gasteiger partial charge >= 0.3 is 0 Å². The molecular weight excluding hydrogens is 262 g/mol. The third kappa shape index (κ3) is 3.12. The van der Waals surface area contributed by atoms with E-state index in [2.05, 4.69) is 39.5 Å². The van der Waals surface area contributed by atoms with E-state index in [1.807, 2.05) is 13.1 Å². The minimum Gasteiger partial charge on any atom is -0.373 e. The van der Waals surface area contributed by atoms with Gasteiger partial charge in [0.15, 0.2) is 0 Å². The average molecular weight is 289 g/mol. The molecule has 5 heteroatoms. The molecule has 21 heavy (non-hydrogen) atoms. The van der Waals surface area contributed by atoms with Crippen LogP contribution in [0.2, 0.25) is 0 Å². The predicted octanol–water partition coefficient (Wildman–Crippen LogP) is 2.51. The largest absolute Gasteiger partial charge is 0.373 e. The summed E-state index contributed by atoms with van der Waals surface area (Å²) in [7, 11) is 4.20. The lowest BCUT2D eigenvalue weighted by Crippen LogP contribution is -2.52. The van der Waals surface area contributed by atoms with E-state index < -0.39 is 0 Å². The number of aryl methyl sites for hydroxylation is 1. The van der Waals surface area contributed by atoms with Crippen molar-refractivity contribution in [3.05, 3.63) is 11.9 Å². The number of rotatable bonds is 4. The van der Waals surface area contributed by atoms with Crippen molar-refractivity contribution in [2.24, 2.45) is 0 Å². The first-order valence-corrected chi connectivity index (χ1v) is 8.23. The molecule has 0 saturated carbocycles. The third-order valence-corrected chi connectivity index (χ3v) is 5.04. The van der Waals surface area contributed by atoms with Gasteiger partial charge in [0, 0.05) is 37.7 Å². The molecule has 1 aromatic heterocycles. The Bertz CT molecular complexity index is 453. The second kappa shape index (κ2) is 6.18. The first kappa shape index (κ1) is 14.6. The van der Waals surface area contributed by atoms with Gasteiger partial charge in [-0.3, -0.25) is 0 Å². The second-order valence-corrected chi connectivity index (χ2v) is 6.37. The highest BCUT2D eigenvalue weighted by atomic mass is 15.2. The Morgan fingerprint density at radius 3 is 2.48 bits per heavy atom. The fraction of sp³-hybridized carbons (Fsp3) is 0.750. The minimum absolute atomic E-state index is 0.542. The molecule has 0 radical (unpaired) electrons. The van der Waals surface area contributed by atoms with Crippen molar-refractivity contribution in [1.82, 2.24) is 14.9 Å². The molecule has 5 nitrogen and oxygen atoms in total. The zero-order chi connectivity index (χ0) is 14.8. The number of nitrogens with zero attached hydrogens (tertiary/aromatic N) is 3. The van der Waals surface area contributed by atoms with Crippen LogP contribution in [-0.2, 0) is 6.42 Å². The summed E-state index contributed by atoms with van der Waals surface area (Å²) >= 11 is 0. The smallest absolute Gasteiger partial charge is 0.132 e. The number of anilines is 2. The number of nitrogens with one attached hydrogen (secondary N) is 2. The maximum atomic E-state index is 4.63. The van der Waals surface area contributed by atoms with Crippen LogP contribution in [-0.4, -0.2) is 47.1 Å². The maximum Gasteiger partial charge on any atom is 0.132 e. The van der Waals surface area contributed by atoms with E-state index in [0.717, 1.165) is 36.0 Å². The lowest BCUT2D eigenvalue weighted by atomic mass is 9.82. The van der Waals surface area contributed by atoms with Gasteiger partial charge in [-0.25, -0.2) is 9.97 Å². The second-order valence-electron chi connectivity index (χ2n) is 6.37. The van der Waals surface area contributed by atoms with Crippen molar-refractivity contribution in [3.8, 4) is 0 Å². The number of hydrogen-bond acceptors (Lipinski definition) is 5. The number of hydrogen-bond donors (Lipinski definition) is 2. The molecule has 2 atom stereocenters. The molecule has 2 N–H and O–H groups in total. The summed E-state index contributed by atoms with van der Waals surface area (Å²) in [5.74, 6) is 2.77. The van der Waals surface area contributed by atoms with Crippen LogP contribution >= 0.6 is 0 Å². The summed E-state index contributed by atoms with van der Waals surface area (Å²) in [6.45, 7) is 2.10. The molecule has 2 aliphatic rings. The monoisotopic (exact) mass is 289 g/mol. The minimum atomic E-state index is 0.542. The summed E-state index contributed by atoms with van der Waals surface area (Å²) in [6.07, 6.45) is 7.40. The molecular formula is C16H27N5. The van der Waals surface area contributed by atoms with Gasteiger partial charge in [-0.2, -0.15) is 0 Å². The zero-order valence-electron chi connectivity index (χ0n) is 13.4. The molecule has 2 bridgehead atoms. The van der Waals surface area contributed by atoms with E-state index in [1.54, 1.807) is 0 Å². The standard InChI is InChI=1S/C16H27N5/c1-4-14-19-15(17-2)10-16(20-14)18-11-8-12-6-5-7-13(9-11)21(12)3/h10-13H,4-9H2,1-3H3,(H2,17,18,19,20). The van der Waals surface area contributed by atoms with Crippen LogP contribution in [0.1, 0.15) is 44.9 Å². The van der Waals surface area contributed by atoms with Gasteiger partial charge in [0.1, 0.15) is 17.5 Å². The van der Waals surface area contributed by atoms with Crippen LogP contribution in [0.25, 0.3) is 0 Å². The maximum absolute atomic E-state index is 4.63. The van der Waals surface area contributed by atoms with Crippen LogP contribution in [0.4, 0.5) is 11.6 Å². The normalized spacial score (nSPS) is 29.2. The molecule has 2 saturated heterocycles.